The molecule has 0 heterocycles. The van der Waals surface area contributed by atoms with Gasteiger partial charge >= 0.3 is 0 Å². The first-order valence-electron chi connectivity index (χ1n) is 4.98. The van der Waals surface area contributed by atoms with E-state index in [1.807, 2.05) is 0 Å². The summed E-state index contributed by atoms with van der Waals surface area (Å²) in [6.45, 7) is 2.88. The van der Waals surface area contributed by atoms with Gasteiger partial charge in [-0.1, -0.05) is 6.92 Å². The molecule has 2 N–H and O–H groups in total. The maximum atomic E-state index is 11.9. The highest BCUT2D eigenvalue weighted by molar-refractivity contribution is 7.88. The normalized spacial score (nSPS) is 18.2. The van der Waals surface area contributed by atoms with E-state index in [1.54, 1.807) is 6.92 Å². The third-order valence-corrected chi connectivity index (χ3v) is 4.22. The molecule has 2 atom stereocenters. The molecule has 7 heteroatoms. The highest BCUT2D eigenvalue weighted by Gasteiger charge is 2.55. The van der Waals surface area contributed by atoms with Crippen LogP contribution in [0.3, 0.4) is 0 Å². The van der Waals surface area contributed by atoms with Crippen LogP contribution in [0.15, 0.2) is 0 Å². The summed E-state index contributed by atoms with van der Waals surface area (Å²) in [7, 11) is -2.07. The van der Waals surface area contributed by atoms with E-state index in [9.17, 15) is 22.9 Å². The number of nitrogens with zero attached hydrogens (tertiary/aromatic N) is 1. The van der Waals surface area contributed by atoms with E-state index in [0.29, 0.717) is 6.42 Å². The van der Waals surface area contributed by atoms with Crippen molar-refractivity contribution in [2.24, 2.45) is 0 Å². The fourth-order valence-electron chi connectivity index (χ4n) is 1.85. The maximum absolute atomic E-state index is 11.9. The second kappa shape index (κ2) is 5.22. The SMILES string of the molecule is CCCC(=O)C(C(C)O)(N(C)C)S(=O)(=O)O. The van der Waals surface area contributed by atoms with Crippen molar-refractivity contribution in [3.8, 4) is 0 Å². The molecule has 0 aromatic rings. The predicted octanol–water partition coefficient (Wildman–Crippen LogP) is -0.118. The fraction of sp³-hybridized carbons (Fsp3) is 0.889. The minimum atomic E-state index is -4.72. The van der Waals surface area contributed by atoms with Crippen molar-refractivity contribution in [1.82, 2.24) is 4.90 Å². The second-order valence-electron chi connectivity index (χ2n) is 3.92. The highest BCUT2D eigenvalue weighted by Crippen LogP contribution is 2.27. The van der Waals surface area contributed by atoms with Crippen LogP contribution in [0.25, 0.3) is 0 Å². The Labute approximate surface area is 96.0 Å². The van der Waals surface area contributed by atoms with Gasteiger partial charge in [0.15, 0.2) is 5.78 Å². The average molecular weight is 253 g/mol. The number of likely N-dealkylation sites (N-methyl/N-ethyl adjacent to an activating group) is 1. The molecule has 0 rings (SSSR count). The first kappa shape index (κ1) is 15.5. The van der Waals surface area contributed by atoms with Gasteiger partial charge in [0, 0.05) is 6.42 Å². The van der Waals surface area contributed by atoms with Crippen molar-refractivity contribution in [3.63, 3.8) is 0 Å². The molecule has 0 aromatic carbocycles. The molecule has 6 nitrogen and oxygen atoms in total. The molecule has 0 fully saturated rings. The van der Waals surface area contributed by atoms with Crippen LogP contribution in [-0.2, 0) is 14.9 Å². The van der Waals surface area contributed by atoms with Gasteiger partial charge in [-0.3, -0.25) is 14.2 Å². The molecule has 0 aliphatic carbocycles. The minimum absolute atomic E-state index is 0.0249. The molecule has 0 bridgehead atoms. The fourth-order valence-corrected chi connectivity index (χ4v) is 3.13. The quantitative estimate of drug-likeness (QED) is 0.641. The van der Waals surface area contributed by atoms with E-state index < -0.39 is 26.9 Å². The Bertz CT molecular complexity index is 339. The molecule has 0 radical (unpaired) electrons. The summed E-state index contributed by atoms with van der Waals surface area (Å²) in [6, 6.07) is 0. The lowest BCUT2D eigenvalue weighted by Crippen LogP contribution is -2.63. The number of aliphatic hydroxyl groups excluding tert-OH is 1. The van der Waals surface area contributed by atoms with Gasteiger partial charge in [0.25, 0.3) is 10.1 Å². The molecule has 0 saturated carbocycles. The largest absolute Gasteiger partial charge is 0.390 e. The maximum Gasteiger partial charge on any atom is 0.294 e. The van der Waals surface area contributed by atoms with Gasteiger partial charge < -0.3 is 5.11 Å². The van der Waals surface area contributed by atoms with Gasteiger partial charge in [-0.05, 0) is 27.4 Å². The Kier molecular flexibility index (Phi) is 5.06. The smallest absolute Gasteiger partial charge is 0.294 e. The summed E-state index contributed by atoms with van der Waals surface area (Å²) in [6.07, 6.45) is -1.10. The monoisotopic (exact) mass is 253 g/mol. The zero-order valence-corrected chi connectivity index (χ0v) is 10.8. The molecule has 2 unspecified atom stereocenters. The zero-order valence-electron chi connectivity index (χ0n) is 9.97. The first-order valence-corrected chi connectivity index (χ1v) is 6.42. The summed E-state index contributed by atoms with van der Waals surface area (Å²) in [5.41, 5.74) is 0. The lowest BCUT2D eigenvalue weighted by molar-refractivity contribution is -0.130. The van der Waals surface area contributed by atoms with Gasteiger partial charge in [-0.15, -0.1) is 0 Å². The molecule has 0 amide bonds. The van der Waals surface area contributed by atoms with E-state index in [4.69, 9.17) is 0 Å². The van der Waals surface area contributed by atoms with Crippen molar-refractivity contribution in [3.05, 3.63) is 0 Å². The van der Waals surface area contributed by atoms with Crippen molar-refractivity contribution < 1.29 is 22.9 Å². The van der Waals surface area contributed by atoms with E-state index in [0.717, 1.165) is 4.90 Å². The van der Waals surface area contributed by atoms with Crippen molar-refractivity contribution in [1.29, 1.82) is 0 Å². The number of carbonyl (C=O) groups excluding carboxylic acids is 1. The van der Waals surface area contributed by atoms with Crippen LogP contribution in [-0.4, -0.2) is 53.8 Å². The molecule has 0 aliphatic heterocycles. The lowest BCUT2D eigenvalue weighted by atomic mass is 10.0. The number of hydrogen-bond donors (Lipinski definition) is 2. The number of rotatable bonds is 6. The number of carbonyl (C=O) groups is 1. The zero-order chi connectivity index (χ0) is 13.1. The Morgan fingerprint density at radius 2 is 1.88 bits per heavy atom. The molecule has 0 aliphatic rings. The van der Waals surface area contributed by atoms with Crippen LogP contribution >= 0.6 is 0 Å². The number of ketones is 1. The van der Waals surface area contributed by atoms with Gasteiger partial charge in [0.2, 0.25) is 4.87 Å². The lowest BCUT2D eigenvalue weighted by Gasteiger charge is -2.37. The summed E-state index contributed by atoms with van der Waals surface area (Å²) >= 11 is 0. The summed E-state index contributed by atoms with van der Waals surface area (Å²) < 4.78 is 32.0. The van der Waals surface area contributed by atoms with Crippen LogP contribution in [0.4, 0.5) is 0 Å². The molecular formula is C9H19NO5S. The first-order chi connectivity index (χ1) is 7.12. The van der Waals surface area contributed by atoms with Crippen molar-refractivity contribution in [2.45, 2.75) is 37.7 Å². The predicted molar refractivity (Wildman–Crippen MR) is 59.6 cm³/mol. The Morgan fingerprint density at radius 1 is 1.44 bits per heavy atom. The summed E-state index contributed by atoms with van der Waals surface area (Å²) in [5.74, 6) is -0.711. The van der Waals surface area contributed by atoms with Crippen LogP contribution in [0.5, 0.6) is 0 Å². The topological polar surface area (TPSA) is 94.9 Å². The molecule has 96 valence electrons. The third kappa shape index (κ3) is 2.42. The van der Waals surface area contributed by atoms with E-state index in [1.165, 1.54) is 21.0 Å². The van der Waals surface area contributed by atoms with Crippen LogP contribution in [0.1, 0.15) is 26.7 Å². The van der Waals surface area contributed by atoms with E-state index in [-0.39, 0.29) is 6.42 Å². The number of Topliss-reactive ketones (excluding diaryl/α,β-unsaturated/α-hetero) is 1. The number of aliphatic hydroxyl groups is 1. The van der Waals surface area contributed by atoms with E-state index in [2.05, 4.69) is 0 Å². The van der Waals surface area contributed by atoms with Crippen LogP contribution in [0, 0.1) is 0 Å². The highest BCUT2D eigenvalue weighted by atomic mass is 32.2. The Hall–Kier alpha value is -0.500. The standard InChI is InChI=1S/C9H19NO5S/c1-5-6-8(12)9(7(2)11,10(3)4)16(13,14)15/h7,11H,5-6H2,1-4H3,(H,13,14,15). The Balaban J connectivity index is 5.75. The van der Waals surface area contributed by atoms with Gasteiger partial charge in [-0.25, -0.2) is 0 Å². The molecule has 0 spiro atoms. The van der Waals surface area contributed by atoms with Gasteiger partial charge in [0.05, 0.1) is 6.10 Å². The van der Waals surface area contributed by atoms with Crippen LogP contribution in [0.2, 0.25) is 0 Å². The average Bonchev–Trinajstić information content (AvgIpc) is 2.00. The Morgan fingerprint density at radius 3 is 2.06 bits per heavy atom. The molecule has 0 aromatic heterocycles. The van der Waals surface area contributed by atoms with Gasteiger partial charge in [0.1, 0.15) is 0 Å². The second-order valence-corrected chi connectivity index (χ2v) is 5.49. The van der Waals surface area contributed by atoms with Crippen molar-refractivity contribution >= 4 is 15.9 Å². The van der Waals surface area contributed by atoms with Crippen LogP contribution < -0.4 is 0 Å². The van der Waals surface area contributed by atoms with E-state index >= 15 is 0 Å². The molecule has 0 saturated heterocycles. The third-order valence-electron chi connectivity index (χ3n) is 2.50. The number of hydrogen-bond acceptors (Lipinski definition) is 5. The summed E-state index contributed by atoms with van der Waals surface area (Å²) in [5, 5.41) is 9.56. The van der Waals surface area contributed by atoms with Gasteiger partial charge in [-0.2, -0.15) is 8.42 Å². The molecular weight excluding hydrogens is 234 g/mol. The molecule has 16 heavy (non-hydrogen) atoms. The van der Waals surface area contributed by atoms with Crippen molar-refractivity contribution in [2.75, 3.05) is 14.1 Å². The minimum Gasteiger partial charge on any atom is -0.390 e. The summed E-state index contributed by atoms with van der Waals surface area (Å²) in [4.78, 5) is 10.6.